The smallest absolute Gasteiger partial charge is 0.126 e. The van der Waals surface area contributed by atoms with Crippen molar-refractivity contribution in [2.45, 2.75) is 26.0 Å². The fourth-order valence-electron chi connectivity index (χ4n) is 1.13. The molecule has 0 aliphatic heterocycles. The molecule has 1 rings (SSSR count). The van der Waals surface area contributed by atoms with Crippen LogP contribution in [0.2, 0.25) is 0 Å². The summed E-state index contributed by atoms with van der Waals surface area (Å²) >= 11 is 1.94. The number of anilines is 1. The number of nitrogens with zero attached hydrogens (tertiary/aromatic N) is 1. The number of aromatic nitrogens is 1. The number of pyridine rings is 1. The molecule has 0 unspecified atom stereocenters. The topological polar surface area (TPSA) is 24.9 Å². The Morgan fingerprint density at radius 2 is 2.29 bits per heavy atom. The van der Waals surface area contributed by atoms with Crippen LogP contribution in [0.1, 0.15) is 25.8 Å². The van der Waals surface area contributed by atoms with E-state index in [1.54, 1.807) is 0 Å². The van der Waals surface area contributed by atoms with Crippen LogP contribution < -0.4 is 5.32 Å². The van der Waals surface area contributed by atoms with E-state index >= 15 is 0 Å². The number of nitrogens with one attached hydrogen (secondary N) is 1. The van der Waals surface area contributed by atoms with Gasteiger partial charge >= 0.3 is 0 Å². The van der Waals surface area contributed by atoms with E-state index in [4.69, 9.17) is 0 Å². The second-order valence-electron chi connectivity index (χ2n) is 3.11. The molecule has 0 atom stereocenters. The van der Waals surface area contributed by atoms with Gasteiger partial charge in [0.1, 0.15) is 5.82 Å². The zero-order valence-corrected chi connectivity index (χ0v) is 9.73. The lowest BCUT2D eigenvalue weighted by molar-refractivity contribution is 0.968. The van der Waals surface area contributed by atoms with Gasteiger partial charge in [-0.05, 0) is 29.9 Å². The van der Waals surface area contributed by atoms with E-state index in [1.807, 2.05) is 18.0 Å². The molecule has 0 amide bonds. The Morgan fingerprint density at radius 1 is 1.43 bits per heavy atom. The number of thioether (sulfide) groups is 1. The molecule has 0 aromatic carbocycles. The van der Waals surface area contributed by atoms with Gasteiger partial charge in [-0.2, -0.15) is 11.8 Å². The molecule has 3 heteroatoms. The average molecular weight is 210 g/mol. The standard InChI is InChI=1S/C11H18N2S/c1-3-6-12-11-8-10(5-7-13-11)9-14-4-2/h5,7-8H,3-4,6,9H2,1-2H3,(H,12,13). The first-order valence-corrected chi connectivity index (χ1v) is 6.28. The summed E-state index contributed by atoms with van der Waals surface area (Å²) < 4.78 is 0. The van der Waals surface area contributed by atoms with E-state index < -0.39 is 0 Å². The molecule has 0 saturated heterocycles. The molecule has 0 radical (unpaired) electrons. The fraction of sp³-hybridized carbons (Fsp3) is 0.545. The Hall–Kier alpha value is -0.700. The average Bonchev–Trinajstić information content (AvgIpc) is 2.24. The lowest BCUT2D eigenvalue weighted by atomic mass is 10.3. The molecule has 0 bridgehead atoms. The van der Waals surface area contributed by atoms with Crippen LogP contribution in [0.15, 0.2) is 18.3 Å². The summed E-state index contributed by atoms with van der Waals surface area (Å²) in [4.78, 5) is 4.26. The van der Waals surface area contributed by atoms with Crippen LogP contribution in [0.3, 0.4) is 0 Å². The highest BCUT2D eigenvalue weighted by Crippen LogP contribution is 2.13. The molecular formula is C11H18N2S. The zero-order valence-electron chi connectivity index (χ0n) is 8.92. The van der Waals surface area contributed by atoms with Crippen molar-refractivity contribution in [2.24, 2.45) is 0 Å². The minimum atomic E-state index is 0.997. The first kappa shape index (κ1) is 11.4. The maximum atomic E-state index is 4.26. The zero-order chi connectivity index (χ0) is 10.2. The third kappa shape index (κ3) is 4.01. The summed E-state index contributed by atoms with van der Waals surface area (Å²) in [6.07, 6.45) is 3.01. The SMILES string of the molecule is CCCNc1cc(CSCC)ccn1. The van der Waals surface area contributed by atoms with Crippen LogP contribution in [0.4, 0.5) is 5.82 Å². The molecule has 2 nitrogen and oxygen atoms in total. The third-order valence-electron chi connectivity index (χ3n) is 1.85. The van der Waals surface area contributed by atoms with Gasteiger partial charge in [0, 0.05) is 18.5 Å². The van der Waals surface area contributed by atoms with E-state index in [0.717, 1.165) is 24.5 Å². The summed E-state index contributed by atoms with van der Waals surface area (Å²) in [7, 11) is 0. The number of hydrogen-bond donors (Lipinski definition) is 1. The van der Waals surface area contributed by atoms with E-state index in [9.17, 15) is 0 Å². The molecule has 1 N–H and O–H groups in total. The molecule has 1 aromatic heterocycles. The summed E-state index contributed by atoms with van der Waals surface area (Å²) in [6, 6.07) is 4.22. The second kappa shape index (κ2) is 6.71. The summed E-state index contributed by atoms with van der Waals surface area (Å²) in [6.45, 7) is 5.34. The normalized spacial score (nSPS) is 10.1. The summed E-state index contributed by atoms with van der Waals surface area (Å²) in [5.41, 5.74) is 1.35. The van der Waals surface area contributed by atoms with Gasteiger partial charge in [0.2, 0.25) is 0 Å². The van der Waals surface area contributed by atoms with Crippen LogP contribution in [0.25, 0.3) is 0 Å². The number of hydrogen-bond acceptors (Lipinski definition) is 3. The van der Waals surface area contributed by atoms with Crippen molar-refractivity contribution >= 4 is 17.6 Å². The fourth-order valence-corrected chi connectivity index (χ4v) is 1.75. The predicted molar refractivity (Wildman–Crippen MR) is 64.9 cm³/mol. The highest BCUT2D eigenvalue weighted by atomic mass is 32.2. The Labute approximate surface area is 90.5 Å². The van der Waals surface area contributed by atoms with Gasteiger partial charge in [0.25, 0.3) is 0 Å². The van der Waals surface area contributed by atoms with Crippen molar-refractivity contribution in [1.29, 1.82) is 0 Å². The van der Waals surface area contributed by atoms with Gasteiger partial charge in [0.15, 0.2) is 0 Å². The molecule has 1 heterocycles. The molecule has 0 aliphatic carbocycles. The molecule has 0 saturated carbocycles. The molecular weight excluding hydrogens is 192 g/mol. The van der Waals surface area contributed by atoms with Crippen LogP contribution in [0, 0.1) is 0 Å². The Kier molecular flexibility index (Phi) is 5.45. The van der Waals surface area contributed by atoms with Crippen LogP contribution in [-0.4, -0.2) is 17.3 Å². The molecule has 1 aromatic rings. The van der Waals surface area contributed by atoms with Gasteiger partial charge in [-0.3, -0.25) is 0 Å². The largest absolute Gasteiger partial charge is 0.370 e. The molecule has 14 heavy (non-hydrogen) atoms. The van der Waals surface area contributed by atoms with E-state index in [0.29, 0.717) is 0 Å². The van der Waals surface area contributed by atoms with E-state index in [-0.39, 0.29) is 0 Å². The van der Waals surface area contributed by atoms with Crippen molar-refractivity contribution in [3.05, 3.63) is 23.9 Å². The Morgan fingerprint density at radius 3 is 3.00 bits per heavy atom. The van der Waals surface area contributed by atoms with Gasteiger partial charge in [-0.15, -0.1) is 0 Å². The lowest BCUT2D eigenvalue weighted by Gasteiger charge is -2.05. The Bertz CT molecular complexity index is 240. The molecule has 78 valence electrons. The predicted octanol–water partition coefficient (Wildman–Crippen LogP) is 3.16. The van der Waals surface area contributed by atoms with Gasteiger partial charge in [0.05, 0.1) is 0 Å². The third-order valence-corrected chi connectivity index (χ3v) is 2.80. The number of rotatable bonds is 6. The van der Waals surface area contributed by atoms with Gasteiger partial charge < -0.3 is 5.32 Å². The summed E-state index contributed by atoms with van der Waals surface area (Å²) in [5.74, 6) is 3.25. The van der Waals surface area contributed by atoms with Crippen molar-refractivity contribution in [2.75, 3.05) is 17.6 Å². The molecule has 0 spiro atoms. The maximum absolute atomic E-state index is 4.26. The molecule has 0 fully saturated rings. The van der Waals surface area contributed by atoms with Crippen LogP contribution in [-0.2, 0) is 5.75 Å². The highest BCUT2D eigenvalue weighted by molar-refractivity contribution is 7.98. The van der Waals surface area contributed by atoms with Gasteiger partial charge in [-0.1, -0.05) is 13.8 Å². The lowest BCUT2D eigenvalue weighted by Crippen LogP contribution is -2.01. The van der Waals surface area contributed by atoms with Crippen LogP contribution in [0.5, 0.6) is 0 Å². The maximum Gasteiger partial charge on any atom is 0.126 e. The van der Waals surface area contributed by atoms with E-state index in [1.165, 1.54) is 11.3 Å². The first-order valence-electron chi connectivity index (χ1n) is 5.13. The quantitative estimate of drug-likeness (QED) is 0.780. The van der Waals surface area contributed by atoms with Crippen LogP contribution >= 0.6 is 11.8 Å². The van der Waals surface area contributed by atoms with Gasteiger partial charge in [-0.25, -0.2) is 4.98 Å². The second-order valence-corrected chi connectivity index (χ2v) is 4.39. The highest BCUT2D eigenvalue weighted by Gasteiger charge is 1.95. The van der Waals surface area contributed by atoms with Crippen molar-refractivity contribution in [1.82, 2.24) is 4.98 Å². The van der Waals surface area contributed by atoms with Crippen molar-refractivity contribution < 1.29 is 0 Å². The first-order chi connectivity index (χ1) is 6.86. The summed E-state index contributed by atoms with van der Waals surface area (Å²) in [5, 5.41) is 3.29. The minimum absolute atomic E-state index is 0.997. The molecule has 0 aliphatic rings. The van der Waals surface area contributed by atoms with E-state index in [2.05, 4.69) is 36.3 Å². The Balaban J connectivity index is 2.50. The van der Waals surface area contributed by atoms with Crippen molar-refractivity contribution in [3.8, 4) is 0 Å². The minimum Gasteiger partial charge on any atom is -0.370 e. The van der Waals surface area contributed by atoms with Crippen molar-refractivity contribution in [3.63, 3.8) is 0 Å². The monoisotopic (exact) mass is 210 g/mol.